The van der Waals surface area contributed by atoms with Crippen molar-refractivity contribution in [2.24, 2.45) is 0 Å². The van der Waals surface area contributed by atoms with E-state index in [2.05, 4.69) is 4.98 Å². The number of ether oxygens (including phenoxy) is 3. The Balaban J connectivity index is 1.96. The number of benzene rings is 1. The Kier molecular flexibility index (Phi) is 6.69. The van der Waals surface area contributed by atoms with Crippen LogP contribution in [0.25, 0.3) is 0 Å². The second kappa shape index (κ2) is 8.97. The largest absolute Gasteiger partial charge is 0.497 e. The molecule has 26 heavy (non-hydrogen) atoms. The molecule has 0 radical (unpaired) electrons. The van der Waals surface area contributed by atoms with Crippen LogP contribution < -0.4 is 9.47 Å². The summed E-state index contributed by atoms with van der Waals surface area (Å²) in [5, 5.41) is 11.4. The molecule has 1 aromatic heterocycles. The van der Waals surface area contributed by atoms with Gasteiger partial charge < -0.3 is 14.2 Å². The molecule has 1 atom stereocenters. The summed E-state index contributed by atoms with van der Waals surface area (Å²) in [7, 11) is 3.02. The number of ketones is 1. The first-order valence-electron chi connectivity index (χ1n) is 7.69. The molecule has 0 bridgehead atoms. The lowest BCUT2D eigenvalue weighted by Gasteiger charge is -2.10. The Labute approximate surface area is 155 Å². The standard InChI is InChI=1S/C18H18N2O5S/c1-11-10-26-18(20-11)14(8-19)15(21)9-25-17(22)6-12-4-5-13(23-2)7-16(12)24-3/h4-5,7,10,14H,6,9H2,1-3H3/t14-/m0/s1. The normalized spacial score (nSPS) is 11.3. The second-order valence-electron chi connectivity index (χ2n) is 5.37. The molecule has 0 aliphatic heterocycles. The topological polar surface area (TPSA) is 98.5 Å². The maximum Gasteiger partial charge on any atom is 0.310 e. The number of hydrogen-bond donors (Lipinski definition) is 0. The first-order valence-corrected chi connectivity index (χ1v) is 8.57. The van der Waals surface area contributed by atoms with Crippen molar-refractivity contribution in [3.05, 3.63) is 39.8 Å². The number of methoxy groups -OCH3 is 2. The molecule has 0 saturated heterocycles. The molecule has 1 heterocycles. The average Bonchev–Trinajstić information content (AvgIpc) is 3.06. The predicted octanol–water partition coefficient (Wildman–Crippen LogP) is 2.43. The Morgan fingerprint density at radius 1 is 1.31 bits per heavy atom. The third-order valence-corrected chi connectivity index (χ3v) is 4.57. The zero-order valence-electron chi connectivity index (χ0n) is 14.6. The van der Waals surface area contributed by atoms with E-state index in [9.17, 15) is 14.9 Å². The molecule has 2 aromatic rings. The van der Waals surface area contributed by atoms with Gasteiger partial charge in [0.2, 0.25) is 0 Å². The van der Waals surface area contributed by atoms with Crippen LogP contribution in [0.5, 0.6) is 11.5 Å². The van der Waals surface area contributed by atoms with Crippen LogP contribution >= 0.6 is 11.3 Å². The van der Waals surface area contributed by atoms with Gasteiger partial charge in [0.05, 0.1) is 26.7 Å². The van der Waals surface area contributed by atoms with Crippen molar-refractivity contribution in [3.63, 3.8) is 0 Å². The van der Waals surface area contributed by atoms with Crippen LogP contribution in [0.15, 0.2) is 23.6 Å². The molecule has 7 nitrogen and oxygen atoms in total. The number of carbonyl (C=O) groups is 2. The van der Waals surface area contributed by atoms with Gasteiger partial charge >= 0.3 is 5.97 Å². The van der Waals surface area contributed by atoms with Gasteiger partial charge in [-0.25, -0.2) is 4.98 Å². The van der Waals surface area contributed by atoms with Gasteiger partial charge in [0.1, 0.15) is 16.5 Å². The van der Waals surface area contributed by atoms with Crippen LogP contribution in [0.4, 0.5) is 0 Å². The molecular formula is C18H18N2O5S. The third-order valence-electron chi connectivity index (χ3n) is 3.54. The number of hydrogen-bond acceptors (Lipinski definition) is 8. The van der Waals surface area contributed by atoms with E-state index in [1.54, 1.807) is 30.5 Å². The number of esters is 1. The van der Waals surface area contributed by atoms with Crippen molar-refractivity contribution in [1.82, 2.24) is 4.98 Å². The van der Waals surface area contributed by atoms with Gasteiger partial charge in [-0.2, -0.15) is 5.26 Å². The highest BCUT2D eigenvalue weighted by molar-refractivity contribution is 7.09. The number of rotatable bonds is 8. The highest BCUT2D eigenvalue weighted by Crippen LogP contribution is 2.25. The van der Waals surface area contributed by atoms with E-state index < -0.39 is 24.3 Å². The predicted molar refractivity (Wildman–Crippen MR) is 94.4 cm³/mol. The summed E-state index contributed by atoms with van der Waals surface area (Å²) in [6, 6.07) is 6.96. The fourth-order valence-corrected chi connectivity index (χ4v) is 3.07. The molecule has 0 saturated carbocycles. The summed E-state index contributed by atoms with van der Waals surface area (Å²) in [6.07, 6.45) is -0.0615. The van der Waals surface area contributed by atoms with Gasteiger partial charge in [-0.3, -0.25) is 9.59 Å². The number of aromatic nitrogens is 1. The van der Waals surface area contributed by atoms with Gasteiger partial charge in [-0.1, -0.05) is 6.07 Å². The molecule has 0 fully saturated rings. The summed E-state index contributed by atoms with van der Waals surface area (Å²) in [6.45, 7) is 1.30. The summed E-state index contributed by atoms with van der Waals surface area (Å²) >= 11 is 1.23. The molecule has 136 valence electrons. The molecule has 0 aliphatic carbocycles. The van der Waals surface area contributed by atoms with E-state index in [0.717, 1.165) is 5.69 Å². The van der Waals surface area contributed by atoms with Crippen molar-refractivity contribution in [3.8, 4) is 17.6 Å². The van der Waals surface area contributed by atoms with E-state index in [4.69, 9.17) is 14.2 Å². The smallest absolute Gasteiger partial charge is 0.310 e. The summed E-state index contributed by atoms with van der Waals surface area (Å²) in [4.78, 5) is 28.4. The van der Waals surface area contributed by atoms with Crippen molar-refractivity contribution in [2.45, 2.75) is 19.3 Å². The zero-order valence-corrected chi connectivity index (χ0v) is 15.5. The van der Waals surface area contributed by atoms with E-state index in [0.29, 0.717) is 22.1 Å². The van der Waals surface area contributed by atoms with Gasteiger partial charge in [-0.05, 0) is 13.0 Å². The Morgan fingerprint density at radius 3 is 2.65 bits per heavy atom. The SMILES string of the molecule is COc1ccc(CC(=O)OCC(=O)[C@H](C#N)c2nc(C)cs2)c(OC)c1. The molecule has 0 N–H and O–H groups in total. The number of nitrogens with zero attached hydrogens (tertiary/aromatic N) is 2. The first-order chi connectivity index (χ1) is 12.5. The Hall–Kier alpha value is -2.92. The van der Waals surface area contributed by atoms with Gasteiger partial charge in [0.15, 0.2) is 18.3 Å². The lowest BCUT2D eigenvalue weighted by molar-refractivity contribution is -0.147. The molecule has 0 spiro atoms. The molecule has 8 heteroatoms. The van der Waals surface area contributed by atoms with Crippen LogP contribution in [0.2, 0.25) is 0 Å². The van der Waals surface area contributed by atoms with Crippen molar-refractivity contribution in [2.75, 3.05) is 20.8 Å². The van der Waals surface area contributed by atoms with E-state index in [1.807, 2.05) is 6.07 Å². The Bertz CT molecular complexity index is 840. The summed E-state index contributed by atoms with van der Waals surface area (Å²) in [5.41, 5.74) is 1.35. The number of Topliss-reactive ketones (excluding diaryl/α,β-unsaturated/α-hetero) is 1. The second-order valence-corrected chi connectivity index (χ2v) is 6.26. The Morgan fingerprint density at radius 2 is 2.08 bits per heavy atom. The minimum Gasteiger partial charge on any atom is -0.497 e. The van der Waals surface area contributed by atoms with Gasteiger partial charge in [0, 0.05) is 22.7 Å². The van der Waals surface area contributed by atoms with Gasteiger partial charge in [0.25, 0.3) is 0 Å². The van der Waals surface area contributed by atoms with Gasteiger partial charge in [-0.15, -0.1) is 11.3 Å². The monoisotopic (exact) mass is 374 g/mol. The van der Waals surface area contributed by atoms with Crippen LogP contribution in [0.3, 0.4) is 0 Å². The zero-order chi connectivity index (χ0) is 19.1. The van der Waals surface area contributed by atoms with E-state index >= 15 is 0 Å². The lowest BCUT2D eigenvalue weighted by Crippen LogP contribution is -2.20. The number of nitriles is 1. The van der Waals surface area contributed by atoms with E-state index in [1.165, 1.54) is 25.6 Å². The quantitative estimate of drug-likeness (QED) is 0.654. The first kappa shape index (κ1) is 19.4. The molecular weight excluding hydrogens is 356 g/mol. The van der Waals surface area contributed by atoms with Crippen LogP contribution in [0, 0.1) is 18.3 Å². The molecule has 0 amide bonds. The minimum atomic E-state index is -1.03. The lowest BCUT2D eigenvalue weighted by atomic mass is 10.1. The number of aryl methyl sites for hydroxylation is 1. The minimum absolute atomic E-state index is 0.0615. The summed E-state index contributed by atoms with van der Waals surface area (Å²) < 4.78 is 15.4. The third kappa shape index (κ3) is 4.80. The van der Waals surface area contributed by atoms with Crippen molar-refractivity contribution in [1.29, 1.82) is 5.26 Å². The fraction of sp³-hybridized carbons (Fsp3) is 0.333. The maximum atomic E-state index is 12.2. The van der Waals surface area contributed by atoms with Crippen molar-refractivity contribution >= 4 is 23.1 Å². The molecule has 0 unspecified atom stereocenters. The molecule has 0 aliphatic rings. The van der Waals surface area contributed by atoms with Crippen LogP contribution in [-0.4, -0.2) is 37.6 Å². The van der Waals surface area contributed by atoms with Crippen LogP contribution in [-0.2, 0) is 20.7 Å². The van der Waals surface area contributed by atoms with Crippen molar-refractivity contribution < 1.29 is 23.8 Å². The summed E-state index contributed by atoms with van der Waals surface area (Å²) in [5.74, 6) is -1.03. The highest BCUT2D eigenvalue weighted by atomic mass is 32.1. The van der Waals surface area contributed by atoms with Crippen LogP contribution in [0.1, 0.15) is 22.2 Å². The number of carbonyl (C=O) groups excluding carboxylic acids is 2. The average molecular weight is 374 g/mol. The number of thiazole rings is 1. The highest BCUT2D eigenvalue weighted by Gasteiger charge is 2.24. The maximum absolute atomic E-state index is 12.2. The molecule has 2 rings (SSSR count). The van der Waals surface area contributed by atoms with E-state index in [-0.39, 0.29) is 6.42 Å². The molecule has 1 aromatic carbocycles. The fourth-order valence-electron chi connectivity index (χ4n) is 2.21.